The van der Waals surface area contributed by atoms with Gasteiger partial charge in [0.05, 0.1) is 0 Å². The molecule has 15 heavy (non-hydrogen) atoms. The zero-order chi connectivity index (χ0) is 9.12. The van der Waals surface area contributed by atoms with Gasteiger partial charge < -0.3 is 28.7 Å². The summed E-state index contributed by atoms with van der Waals surface area (Å²) in [5.74, 6) is 0. The zero-order valence-corrected chi connectivity index (χ0v) is 23.7. The van der Waals surface area contributed by atoms with Gasteiger partial charge in [-0.1, -0.05) is 15.2 Å². The summed E-state index contributed by atoms with van der Waals surface area (Å²) in [4.78, 5) is 39.6. The van der Waals surface area contributed by atoms with Crippen molar-refractivity contribution in [2.75, 3.05) is 12.3 Å². The predicted octanol–water partition coefficient (Wildman–Crippen LogP) is -14.8. The summed E-state index contributed by atoms with van der Waals surface area (Å²) in [7, 11) is -9.30. The van der Waals surface area contributed by atoms with Crippen molar-refractivity contribution in [2.24, 2.45) is 0 Å². The molecule has 0 aromatic carbocycles. The van der Waals surface area contributed by atoms with Crippen LogP contribution in [0.3, 0.4) is 0 Å². The molecule has 0 aliphatic rings. The first-order chi connectivity index (χ1) is 4.71. The second-order valence-electron chi connectivity index (χ2n) is 2.02. The Morgan fingerprint density at radius 1 is 0.667 bits per heavy atom. The third kappa shape index (κ3) is 33.6. The molecule has 0 atom stereocenters. The quantitative estimate of drug-likeness (QED) is 0.364. The van der Waals surface area contributed by atoms with Crippen LogP contribution in [0, 0.1) is 0 Å². The van der Waals surface area contributed by atoms with Gasteiger partial charge in [-0.15, -0.1) is 0 Å². The van der Waals surface area contributed by atoms with Crippen LogP contribution in [0.5, 0.6) is 0 Å². The second-order valence-corrected chi connectivity index (χ2v) is 5.36. The molecule has 6 nitrogen and oxygen atoms in total. The molecule has 0 heterocycles. The Bertz CT molecular complexity index is 190. The van der Waals surface area contributed by atoms with E-state index in [1.54, 1.807) is 0 Å². The second kappa shape index (κ2) is 17.2. The van der Waals surface area contributed by atoms with Crippen molar-refractivity contribution in [1.29, 1.82) is 0 Å². The first-order valence-corrected chi connectivity index (χ1v) is 6.18. The smallest absolute Gasteiger partial charge is 0.811 e. The van der Waals surface area contributed by atoms with Crippen molar-refractivity contribution >= 4 is 15.2 Å². The SMILES string of the molecule is O=P([O-])([O-])CCCP(=O)([O-])[O-].[K+].[K+].[K+].[K+]. The van der Waals surface area contributed by atoms with Gasteiger partial charge in [-0.25, -0.2) is 0 Å². The van der Waals surface area contributed by atoms with E-state index in [1.165, 1.54) is 0 Å². The van der Waals surface area contributed by atoms with Crippen LogP contribution in [0.15, 0.2) is 0 Å². The van der Waals surface area contributed by atoms with Crippen LogP contribution in [0.4, 0.5) is 0 Å². The monoisotopic (exact) mass is 356 g/mol. The van der Waals surface area contributed by atoms with Crippen LogP contribution in [0.2, 0.25) is 0 Å². The topological polar surface area (TPSA) is 126 Å². The van der Waals surface area contributed by atoms with Crippen LogP contribution < -0.4 is 225 Å². The van der Waals surface area contributed by atoms with Crippen molar-refractivity contribution in [3.05, 3.63) is 0 Å². The molecule has 0 spiro atoms. The van der Waals surface area contributed by atoms with Gasteiger partial charge in [-0.3, -0.25) is 0 Å². The van der Waals surface area contributed by atoms with E-state index in [0.717, 1.165) is 0 Å². The first kappa shape index (κ1) is 33.5. The average Bonchev–Trinajstić information content (AvgIpc) is 1.55. The van der Waals surface area contributed by atoms with Crippen molar-refractivity contribution in [3.63, 3.8) is 0 Å². The van der Waals surface area contributed by atoms with Crippen LogP contribution in [0.1, 0.15) is 6.42 Å². The summed E-state index contributed by atoms with van der Waals surface area (Å²) in [5, 5.41) is 0. The van der Waals surface area contributed by atoms with E-state index in [4.69, 9.17) is 0 Å². The molecule has 68 valence electrons. The fourth-order valence-corrected chi connectivity index (χ4v) is 1.80. The minimum absolute atomic E-state index is 0. The summed E-state index contributed by atoms with van der Waals surface area (Å²) >= 11 is 0. The molecule has 0 unspecified atom stereocenters. The van der Waals surface area contributed by atoms with Gasteiger partial charge in [0.2, 0.25) is 0 Å². The standard InChI is InChI=1S/C3H10O6P2.4K/c4-10(5,6)2-1-3-11(7,8)9;;;;/h1-3H2,(H2,4,5,6)(H2,7,8,9);;;;/q;4*+1/p-4. The Morgan fingerprint density at radius 2 is 0.867 bits per heavy atom. The molecule has 12 heteroatoms. The van der Waals surface area contributed by atoms with Crippen LogP contribution >= 0.6 is 15.2 Å². The molecule has 0 radical (unpaired) electrons. The molecule has 0 aromatic rings. The summed E-state index contributed by atoms with van der Waals surface area (Å²) in [6.07, 6.45) is -1.96. The van der Waals surface area contributed by atoms with Gasteiger partial charge in [0.25, 0.3) is 0 Å². The maximum Gasteiger partial charge on any atom is 1.00 e. The molecule has 0 aliphatic carbocycles. The Kier molecular flexibility index (Phi) is 38.4. The van der Waals surface area contributed by atoms with Crippen molar-refractivity contribution in [3.8, 4) is 0 Å². The van der Waals surface area contributed by atoms with Gasteiger partial charge in [0, 0.05) is 0 Å². The molecular formula is C3H6K4O6P2. The minimum atomic E-state index is -4.65. The summed E-state index contributed by atoms with van der Waals surface area (Å²) in [5.41, 5.74) is 0. The minimum Gasteiger partial charge on any atom is -0.811 e. The van der Waals surface area contributed by atoms with E-state index in [9.17, 15) is 28.7 Å². The molecule has 0 saturated heterocycles. The largest absolute Gasteiger partial charge is 1.00 e. The Balaban J connectivity index is -0.0000000833. The van der Waals surface area contributed by atoms with Gasteiger partial charge in [-0.05, 0) is 18.7 Å². The maximum absolute atomic E-state index is 9.90. The molecular weight excluding hydrogens is 350 g/mol. The molecule has 0 saturated carbocycles. The van der Waals surface area contributed by atoms with Crippen LogP contribution in [-0.4, -0.2) is 12.3 Å². The van der Waals surface area contributed by atoms with Crippen molar-refractivity contribution in [1.82, 2.24) is 0 Å². The summed E-state index contributed by atoms with van der Waals surface area (Å²) in [6.45, 7) is 0. The van der Waals surface area contributed by atoms with E-state index in [-0.39, 0.29) is 206 Å². The Labute approximate surface area is 259 Å². The molecule has 0 fully saturated rings. The summed E-state index contributed by atoms with van der Waals surface area (Å²) in [6, 6.07) is 0. The van der Waals surface area contributed by atoms with Crippen molar-refractivity contribution < 1.29 is 234 Å². The van der Waals surface area contributed by atoms with E-state index in [2.05, 4.69) is 0 Å². The van der Waals surface area contributed by atoms with E-state index < -0.39 is 33.9 Å². The van der Waals surface area contributed by atoms with E-state index in [1.807, 2.05) is 0 Å². The van der Waals surface area contributed by atoms with Gasteiger partial charge in [0.1, 0.15) is 0 Å². The number of hydrogen-bond acceptors (Lipinski definition) is 6. The van der Waals surface area contributed by atoms with E-state index in [0.29, 0.717) is 0 Å². The van der Waals surface area contributed by atoms with Crippen LogP contribution in [0.25, 0.3) is 0 Å². The fourth-order valence-electron chi connectivity index (χ4n) is 0.458. The first-order valence-electron chi connectivity index (χ1n) is 2.73. The van der Waals surface area contributed by atoms with Gasteiger partial charge in [-0.2, -0.15) is 0 Å². The molecule has 0 aliphatic heterocycles. The third-order valence-corrected chi connectivity index (χ3v) is 2.59. The van der Waals surface area contributed by atoms with Crippen molar-refractivity contribution in [2.45, 2.75) is 6.42 Å². The van der Waals surface area contributed by atoms with Gasteiger partial charge >= 0.3 is 206 Å². The fraction of sp³-hybridized carbons (Fsp3) is 1.00. The zero-order valence-electron chi connectivity index (χ0n) is 9.47. The average molecular weight is 356 g/mol. The molecule has 0 rings (SSSR count). The molecule has 0 amide bonds. The van der Waals surface area contributed by atoms with Gasteiger partial charge in [0.15, 0.2) is 0 Å². The molecule has 0 aromatic heterocycles. The summed E-state index contributed by atoms with van der Waals surface area (Å²) < 4.78 is 19.8. The van der Waals surface area contributed by atoms with E-state index >= 15 is 0 Å². The normalized spacial score (nSPS) is 9.87. The third-order valence-electron chi connectivity index (χ3n) is 0.864. The number of rotatable bonds is 4. The molecule has 0 bridgehead atoms. The molecule has 0 N–H and O–H groups in total. The van der Waals surface area contributed by atoms with Crippen LogP contribution in [-0.2, 0) is 9.13 Å². The Hall–Kier alpha value is 6.85. The maximum atomic E-state index is 9.90. The number of hydrogen-bond donors (Lipinski definition) is 0. The Morgan fingerprint density at radius 3 is 1.00 bits per heavy atom. The predicted molar refractivity (Wildman–Crippen MR) is 29.6 cm³/mol.